The summed E-state index contributed by atoms with van der Waals surface area (Å²) < 4.78 is 5.55. The Morgan fingerprint density at radius 1 is 1.00 bits per heavy atom. The van der Waals surface area contributed by atoms with Gasteiger partial charge in [-0.3, -0.25) is 0 Å². The Morgan fingerprint density at radius 2 is 1.67 bits per heavy atom. The van der Waals surface area contributed by atoms with Gasteiger partial charge < -0.3 is 4.74 Å². The average Bonchev–Trinajstić information content (AvgIpc) is 2.06. The van der Waals surface area contributed by atoms with E-state index >= 15 is 0 Å². The molecule has 12 heavy (non-hydrogen) atoms. The van der Waals surface area contributed by atoms with Crippen LogP contribution in [0.3, 0.4) is 0 Å². The fourth-order valence-electron chi connectivity index (χ4n) is 1.09. The summed E-state index contributed by atoms with van der Waals surface area (Å²) in [6.45, 7) is 7.43. The van der Waals surface area contributed by atoms with Crippen LogP contribution in [0.15, 0.2) is 0 Å². The second-order valence-electron chi connectivity index (χ2n) is 3.36. The molecular weight excluding hydrogens is 148 g/mol. The van der Waals surface area contributed by atoms with Gasteiger partial charge in [-0.25, -0.2) is 0 Å². The van der Waals surface area contributed by atoms with E-state index in [2.05, 4.69) is 20.8 Å². The molecule has 73 valence electrons. The predicted molar refractivity (Wildman–Crippen MR) is 53.9 cm³/mol. The van der Waals surface area contributed by atoms with Gasteiger partial charge in [0.15, 0.2) is 0 Å². The molecule has 0 amide bonds. The quantitative estimate of drug-likeness (QED) is 0.503. The Balaban J connectivity index is 3.04. The van der Waals surface area contributed by atoms with Crippen molar-refractivity contribution in [2.45, 2.75) is 59.3 Å². The molecule has 0 spiro atoms. The molecule has 0 aromatic carbocycles. The molecule has 0 fully saturated rings. The van der Waals surface area contributed by atoms with Crippen LogP contribution in [0.4, 0.5) is 0 Å². The van der Waals surface area contributed by atoms with Crippen molar-refractivity contribution in [1.82, 2.24) is 0 Å². The van der Waals surface area contributed by atoms with Crippen LogP contribution in [0.5, 0.6) is 0 Å². The molecule has 0 aliphatic heterocycles. The highest BCUT2D eigenvalue weighted by Crippen LogP contribution is 2.12. The van der Waals surface area contributed by atoms with E-state index in [0.29, 0.717) is 0 Å². The number of hydrogen-bond acceptors (Lipinski definition) is 1. The van der Waals surface area contributed by atoms with Gasteiger partial charge in [-0.1, -0.05) is 39.5 Å². The van der Waals surface area contributed by atoms with E-state index in [1.807, 2.05) is 0 Å². The van der Waals surface area contributed by atoms with Crippen LogP contribution in [0.1, 0.15) is 59.3 Å². The monoisotopic (exact) mass is 171 g/mol. The molecule has 1 nitrogen and oxygen atoms in total. The second-order valence-corrected chi connectivity index (χ2v) is 3.36. The van der Waals surface area contributed by atoms with Crippen LogP contribution in [0.25, 0.3) is 0 Å². The van der Waals surface area contributed by atoms with Crippen molar-refractivity contribution >= 4 is 0 Å². The maximum atomic E-state index is 5.55. The number of ether oxygens (including phenoxy) is 1. The summed E-state index contributed by atoms with van der Waals surface area (Å²) >= 11 is 0. The minimum absolute atomic E-state index is 0.911. The Bertz CT molecular complexity index is 71.1. The van der Waals surface area contributed by atoms with E-state index in [1.165, 1.54) is 38.2 Å². The molecule has 0 heterocycles. The maximum absolute atomic E-state index is 5.55. The molecule has 0 aromatic heterocycles. The molecule has 0 unspecified atom stereocenters. The van der Waals surface area contributed by atoms with Crippen molar-refractivity contribution in [2.24, 2.45) is 0 Å². The third kappa shape index (κ3) is 8.06. The van der Waals surface area contributed by atoms with Crippen molar-refractivity contribution in [1.29, 1.82) is 0 Å². The zero-order valence-electron chi connectivity index (χ0n) is 8.86. The lowest BCUT2D eigenvalue weighted by atomic mass is 10.1. The standard InChI is InChI=1S/C11H23O/c1-4-6-8-9-11(3)12-10-7-5-2/h4-10H2,1-3H3. The predicted octanol–water partition coefficient (Wildman–Crippen LogP) is 3.94. The van der Waals surface area contributed by atoms with Crippen molar-refractivity contribution in [2.75, 3.05) is 6.61 Å². The summed E-state index contributed by atoms with van der Waals surface area (Å²) in [4.78, 5) is 0. The van der Waals surface area contributed by atoms with Crippen LogP contribution >= 0.6 is 0 Å². The van der Waals surface area contributed by atoms with Gasteiger partial charge in [0.1, 0.15) is 0 Å². The van der Waals surface area contributed by atoms with Crippen molar-refractivity contribution in [3.05, 3.63) is 6.10 Å². The number of hydrogen-bond donors (Lipinski definition) is 0. The summed E-state index contributed by atoms with van der Waals surface area (Å²) in [5.41, 5.74) is 0. The Hall–Kier alpha value is -0.0400. The molecule has 0 aliphatic carbocycles. The van der Waals surface area contributed by atoms with Crippen LogP contribution in [0.2, 0.25) is 0 Å². The van der Waals surface area contributed by atoms with E-state index < -0.39 is 0 Å². The van der Waals surface area contributed by atoms with Crippen LogP contribution in [-0.2, 0) is 4.74 Å². The molecule has 0 aliphatic rings. The van der Waals surface area contributed by atoms with Gasteiger partial charge in [-0.05, 0) is 19.8 Å². The SMILES string of the molecule is CCCCC[C](C)OCCCC. The lowest BCUT2D eigenvalue weighted by molar-refractivity contribution is 0.136. The van der Waals surface area contributed by atoms with Crippen molar-refractivity contribution < 1.29 is 4.74 Å². The zero-order valence-corrected chi connectivity index (χ0v) is 8.86. The first-order valence-corrected chi connectivity index (χ1v) is 5.26. The zero-order chi connectivity index (χ0) is 9.23. The van der Waals surface area contributed by atoms with Crippen LogP contribution in [-0.4, -0.2) is 6.61 Å². The molecule has 0 saturated heterocycles. The van der Waals surface area contributed by atoms with Gasteiger partial charge in [0.05, 0.1) is 6.10 Å². The van der Waals surface area contributed by atoms with Gasteiger partial charge in [0.25, 0.3) is 0 Å². The Morgan fingerprint density at radius 3 is 2.25 bits per heavy atom. The molecule has 0 atom stereocenters. The summed E-state index contributed by atoms with van der Waals surface area (Å²) in [5, 5.41) is 0. The minimum Gasteiger partial charge on any atom is -0.372 e. The lowest BCUT2D eigenvalue weighted by Crippen LogP contribution is -2.00. The Kier molecular flexibility index (Phi) is 9.02. The molecule has 0 N–H and O–H groups in total. The van der Waals surface area contributed by atoms with E-state index in [9.17, 15) is 0 Å². The van der Waals surface area contributed by atoms with Gasteiger partial charge >= 0.3 is 0 Å². The van der Waals surface area contributed by atoms with Gasteiger partial charge in [0.2, 0.25) is 0 Å². The van der Waals surface area contributed by atoms with Crippen LogP contribution in [0, 0.1) is 6.10 Å². The normalized spacial score (nSPS) is 11.0. The van der Waals surface area contributed by atoms with E-state index in [0.717, 1.165) is 13.0 Å². The smallest absolute Gasteiger partial charge is 0.0940 e. The number of unbranched alkanes of at least 4 members (excludes halogenated alkanes) is 3. The molecule has 1 radical (unpaired) electrons. The fourth-order valence-corrected chi connectivity index (χ4v) is 1.09. The van der Waals surface area contributed by atoms with Crippen molar-refractivity contribution in [3.63, 3.8) is 0 Å². The third-order valence-electron chi connectivity index (χ3n) is 1.98. The molecule has 0 aromatic rings. The van der Waals surface area contributed by atoms with Crippen LogP contribution < -0.4 is 0 Å². The molecule has 1 heteroatoms. The summed E-state index contributed by atoms with van der Waals surface area (Å²) in [6, 6.07) is 0. The maximum Gasteiger partial charge on any atom is 0.0940 e. The minimum atomic E-state index is 0.911. The summed E-state index contributed by atoms with van der Waals surface area (Å²) in [7, 11) is 0. The lowest BCUT2D eigenvalue weighted by Gasteiger charge is -2.10. The first-order chi connectivity index (χ1) is 5.81. The number of rotatable bonds is 8. The highest BCUT2D eigenvalue weighted by Gasteiger charge is 2.01. The molecule has 0 saturated carbocycles. The molecule has 0 rings (SSSR count). The first kappa shape index (κ1) is 12.0. The molecule has 0 bridgehead atoms. The summed E-state index contributed by atoms with van der Waals surface area (Å²) in [5.74, 6) is 0. The van der Waals surface area contributed by atoms with Gasteiger partial charge in [0, 0.05) is 6.61 Å². The van der Waals surface area contributed by atoms with Gasteiger partial charge in [-0.15, -0.1) is 0 Å². The first-order valence-electron chi connectivity index (χ1n) is 5.26. The summed E-state index contributed by atoms with van der Waals surface area (Å²) in [6.07, 6.45) is 8.69. The Labute approximate surface area is 77.5 Å². The van der Waals surface area contributed by atoms with E-state index in [4.69, 9.17) is 4.74 Å². The third-order valence-corrected chi connectivity index (χ3v) is 1.98. The topological polar surface area (TPSA) is 9.23 Å². The van der Waals surface area contributed by atoms with E-state index in [1.54, 1.807) is 0 Å². The largest absolute Gasteiger partial charge is 0.372 e. The molecular formula is C11H23O. The highest BCUT2D eigenvalue weighted by atomic mass is 16.5. The highest BCUT2D eigenvalue weighted by molar-refractivity contribution is 4.70. The second kappa shape index (κ2) is 9.05. The van der Waals surface area contributed by atoms with E-state index in [-0.39, 0.29) is 0 Å². The fraction of sp³-hybridized carbons (Fsp3) is 0.909. The van der Waals surface area contributed by atoms with Crippen molar-refractivity contribution in [3.8, 4) is 0 Å². The average molecular weight is 171 g/mol. The van der Waals surface area contributed by atoms with Gasteiger partial charge in [-0.2, -0.15) is 0 Å².